The van der Waals surface area contributed by atoms with Gasteiger partial charge in [-0.15, -0.1) is 0 Å². The van der Waals surface area contributed by atoms with E-state index < -0.39 is 0 Å². The molecule has 0 unspecified atom stereocenters. The molecule has 176 valence electrons. The molecule has 6 heteroatoms. The molecule has 3 heterocycles. The number of fused-ring (bicyclic) bond motifs is 1. The van der Waals surface area contributed by atoms with Gasteiger partial charge in [-0.2, -0.15) is 4.98 Å². The van der Waals surface area contributed by atoms with Gasteiger partial charge >= 0.3 is 0 Å². The molecule has 33 heavy (non-hydrogen) atoms. The third-order valence-electron chi connectivity index (χ3n) is 7.40. The van der Waals surface area contributed by atoms with Crippen molar-refractivity contribution in [1.82, 2.24) is 19.4 Å². The standard InChI is InChI=1S/C27H38N6/c1-3-4-14-28-27-29-19-24-25(20-33(26(24)30-27)23-8-6-5-7-9-23)21-10-12-22(13-11-21)32-17-15-31(2)16-18-32/h10-13,19-20,23H,3-9,14-18H2,1-2H3,(H,28,29,30). The number of nitrogens with zero attached hydrogens (tertiary/aromatic N) is 5. The van der Waals surface area contributed by atoms with E-state index in [1.165, 1.54) is 55.3 Å². The maximum atomic E-state index is 4.99. The third kappa shape index (κ3) is 4.86. The summed E-state index contributed by atoms with van der Waals surface area (Å²) in [4.78, 5) is 14.6. The van der Waals surface area contributed by atoms with Crippen molar-refractivity contribution in [2.45, 2.75) is 57.9 Å². The summed E-state index contributed by atoms with van der Waals surface area (Å²) in [5.41, 5.74) is 4.90. The van der Waals surface area contributed by atoms with Crippen LogP contribution in [0.25, 0.3) is 22.2 Å². The smallest absolute Gasteiger partial charge is 0.224 e. The Morgan fingerprint density at radius 2 is 1.76 bits per heavy atom. The zero-order valence-electron chi connectivity index (χ0n) is 20.3. The van der Waals surface area contributed by atoms with Gasteiger partial charge in [-0.25, -0.2) is 4.98 Å². The first-order valence-corrected chi connectivity index (χ1v) is 12.9. The summed E-state index contributed by atoms with van der Waals surface area (Å²) in [7, 11) is 2.20. The number of aromatic nitrogens is 3. The molecule has 1 aliphatic carbocycles. The summed E-state index contributed by atoms with van der Waals surface area (Å²) in [6.45, 7) is 7.58. The fraction of sp³-hybridized carbons (Fsp3) is 0.556. The molecular formula is C27H38N6. The zero-order chi connectivity index (χ0) is 22.6. The van der Waals surface area contributed by atoms with Gasteiger partial charge in [0.05, 0.1) is 0 Å². The topological polar surface area (TPSA) is 49.2 Å². The zero-order valence-corrected chi connectivity index (χ0v) is 20.3. The van der Waals surface area contributed by atoms with Crippen molar-refractivity contribution in [3.05, 3.63) is 36.7 Å². The SMILES string of the molecule is CCCCNc1ncc2c(-c3ccc(N4CCN(C)CC4)cc3)cn(C3CCCCC3)c2n1. The molecule has 2 aliphatic rings. The predicted molar refractivity (Wildman–Crippen MR) is 138 cm³/mol. The van der Waals surface area contributed by atoms with Crippen LogP contribution in [0, 0.1) is 0 Å². The molecule has 5 rings (SSSR count). The molecule has 0 atom stereocenters. The number of hydrogen-bond donors (Lipinski definition) is 1. The highest BCUT2D eigenvalue weighted by molar-refractivity contribution is 5.94. The van der Waals surface area contributed by atoms with Crippen molar-refractivity contribution < 1.29 is 0 Å². The quantitative estimate of drug-likeness (QED) is 0.481. The Morgan fingerprint density at radius 1 is 1.00 bits per heavy atom. The number of anilines is 2. The van der Waals surface area contributed by atoms with E-state index >= 15 is 0 Å². The molecular weight excluding hydrogens is 408 g/mol. The van der Waals surface area contributed by atoms with Gasteiger partial charge in [-0.3, -0.25) is 0 Å². The average molecular weight is 447 g/mol. The molecule has 6 nitrogen and oxygen atoms in total. The number of rotatable bonds is 7. The van der Waals surface area contributed by atoms with E-state index in [1.807, 2.05) is 6.20 Å². The molecule has 1 saturated heterocycles. The van der Waals surface area contributed by atoms with Crippen LogP contribution in [0.15, 0.2) is 36.7 Å². The lowest BCUT2D eigenvalue weighted by Gasteiger charge is -2.34. The van der Waals surface area contributed by atoms with Gasteiger partial charge < -0.3 is 19.7 Å². The molecule has 1 saturated carbocycles. The van der Waals surface area contributed by atoms with Gasteiger partial charge in [-0.1, -0.05) is 44.7 Å². The number of piperazine rings is 1. The van der Waals surface area contributed by atoms with Crippen molar-refractivity contribution in [2.75, 3.05) is 50.0 Å². The monoisotopic (exact) mass is 446 g/mol. The van der Waals surface area contributed by atoms with Crippen LogP contribution in [0.2, 0.25) is 0 Å². The molecule has 1 aromatic carbocycles. The fourth-order valence-corrected chi connectivity index (χ4v) is 5.28. The molecule has 2 fully saturated rings. The lowest BCUT2D eigenvalue weighted by molar-refractivity contribution is 0.313. The summed E-state index contributed by atoms with van der Waals surface area (Å²) in [6, 6.07) is 9.66. The summed E-state index contributed by atoms with van der Waals surface area (Å²) < 4.78 is 2.45. The van der Waals surface area contributed by atoms with Gasteiger partial charge in [0.25, 0.3) is 0 Å². The maximum absolute atomic E-state index is 4.99. The average Bonchev–Trinajstić information content (AvgIpc) is 3.24. The minimum atomic E-state index is 0.540. The molecule has 2 aromatic heterocycles. The highest BCUT2D eigenvalue weighted by Crippen LogP contribution is 2.37. The van der Waals surface area contributed by atoms with E-state index in [2.05, 4.69) is 69.1 Å². The van der Waals surface area contributed by atoms with Gasteiger partial charge in [0.15, 0.2) is 0 Å². The van der Waals surface area contributed by atoms with Crippen molar-refractivity contribution in [2.24, 2.45) is 0 Å². The van der Waals surface area contributed by atoms with Crippen molar-refractivity contribution >= 4 is 22.7 Å². The number of nitrogens with one attached hydrogen (secondary N) is 1. The van der Waals surface area contributed by atoms with Crippen LogP contribution < -0.4 is 10.2 Å². The predicted octanol–water partition coefficient (Wildman–Crippen LogP) is 5.57. The van der Waals surface area contributed by atoms with Crippen LogP contribution in [0.3, 0.4) is 0 Å². The van der Waals surface area contributed by atoms with Gasteiger partial charge in [0, 0.05) is 67.8 Å². The Balaban J connectivity index is 1.46. The molecule has 3 aromatic rings. The summed E-state index contributed by atoms with van der Waals surface area (Å²) >= 11 is 0. The van der Waals surface area contributed by atoms with E-state index in [0.717, 1.165) is 56.1 Å². The number of unbranched alkanes of at least 4 members (excludes halogenated alkanes) is 1. The normalized spacial score (nSPS) is 18.2. The summed E-state index contributed by atoms with van der Waals surface area (Å²) in [5.74, 6) is 0.753. The largest absolute Gasteiger partial charge is 0.369 e. The second kappa shape index (κ2) is 10.1. The van der Waals surface area contributed by atoms with E-state index in [9.17, 15) is 0 Å². The Bertz CT molecular complexity index is 1040. The number of likely N-dealkylation sites (N-methyl/N-ethyl adjacent to an activating group) is 1. The number of hydrogen-bond acceptors (Lipinski definition) is 5. The van der Waals surface area contributed by atoms with E-state index in [4.69, 9.17) is 4.98 Å². The molecule has 0 radical (unpaired) electrons. The molecule has 0 bridgehead atoms. The van der Waals surface area contributed by atoms with Gasteiger partial charge in [-0.05, 0) is 44.0 Å². The van der Waals surface area contributed by atoms with Crippen LogP contribution in [-0.4, -0.2) is 59.2 Å². The fourth-order valence-electron chi connectivity index (χ4n) is 5.28. The molecule has 1 aliphatic heterocycles. The lowest BCUT2D eigenvalue weighted by Crippen LogP contribution is -2.44. The Labute approximate surface area is 198 Å². The molecule has 1 N–H and O–H groups in total. The first-order chi connectivity index (χ1) is 16.2. The second-order valence-electron chi connectivity index (χ2n) is 9.79. The van der Waals surface area contributed by atoms with Crippen molar-refractivity contribution in [1.29, 1.82) is 0 Å². The molecule has 0 spiro atoms. The van der Waals surface area contributed by atoms with E-state index in [1.54, 1.807) is 0 Å². The summed E-state index contributed by atoms with van der Waals surface area (Å²) in [6.07, 6.45) is 13.1. The number of benzene rings is 1. The van der Waals surface area contributed by atoms with Gasteiger partial charge in [0.2, 0.25) is 5.95 Å². The summed E-state index contributed by atoms with van der Waals surface area (Å²) in [5, 5.41) is 4.58. The second-order valence-corrected chi connectivity index (χ2v) is 9.79. The maximum Gasteiger partial charge on any atom is 0.224 e. The Kier molecular flexibility index (Phi) is 6.81. The van der Waals surface area contributed by atoms with Crippen molar-refractivity contribution in [3.8, 4) is 11.1 Å². The highest BCUT2D eigenvalue weighted by Gasteiger charge is 2.21. The van der Waals surface area contributed by atoms with Crippen LogP contribution in [0.1, 0.15) is 57.9 Å². The first kappa shape index (κ1) is 22.2. The minimum absolute atomic E-state index is 0.540. The lowest BCUT2D eigenvalue weighted by atomic mass is 9.95. The third-order valence-corrected chi connectivity index (χ3v) is 7.40. The van der Waals surface area contributed by atoms with Crippen LogP contribution in [-0.2, 0) is 0 Å². The van der Waals surface area contributed by atoms with Gasteiger partial charge in [0.1, 0.15) is 5.65 Å². The van der Waals surface area contributed by atoms with Crippen LogP contribution >= 0.6 is 0 Å². The Hall–Kier alpha value is -2.60. The van der Waals surface area contributed by atoms with E-state index in [-0.39, 0.29) is 0 Å². The Morgan fingerprint density at radius 3 is 2.48 bits per heavy atom. The van der Waals surface area contributed by atoms with Crippen molar-refractivity contribution in [3.63, 3.8) is 0 Å². The first-order valence-electron chi connectivity index (χ1n) is 12.9. The molecule has 0 amide bonds. The van der Waals surface area contributed by atoms with Crippen LogP contribution in [0.5, 0.6) is 0 Å². The van der Waals surface area contributed by atoms with Crippen LogP contribution in [0.4, 0.5) is 11.6 Å². The van der Waals surface area contributed by atoms with E-state index in [0.29, 0.717) is 6.04 Å². The highest BCUT2D eigenvalue weighted by atomic mass is 15.2. The minimum Gasteiger partial charge on any atom is -0.369 e.